The fourth-order valence-corrected chi connectivity index (χ4v) is 4.60. The quantitative estimate of drug-likeness (QED) is 0.756. The van der Waals surface area contributed by atoms with Crippen LogP contribution in [0.3, 0.4) is 0 Å². The predicted molar refractivity (Wildman–Crippen MR) is 92.7 cm³/mol. The summed E-state index contributed by atoms with van der Waals surface area (Å²) in [7, 11) is -3.70. The number of rotatable bonds is 2. The van der Waals surface area contributed by atoms with Gasteiger partial charge in [-0.15, -0.1) is 0 Å². The van der Waals surface area contributed by atoms with Crippen molar-refractivity contribution >= 4 is 20.9 Å². The molecular weight excluding hydrogens is 340 g/mol. The van der Waals surface area contributed by atoms with E-state index < -0.39 is 10.0 Å². The first kappa shape index (κ1) is 16.0. The first-order valence-corrected chi connectivity index (χ1v) is 9.43. The topological polar surface area (TPSA) is 88.3 Å². The van der Waals surface area contributed by atoms with Crippen LogP contribution in [0.5, 0.6) is 5.88 Å². The average Bonchev–Trinajstić information content (AvgIpc) is 2.87. The molecule has 3 aromatic heterocycles. The van der Waals surface area contributed by atoms with Crippen LogP contribution in [0.1, 0.15) is 17.1 Å². The van der Waals surface area contributed by atoms with Crippen molar-refractivity contribution in [3.8, 4) is 5.88 Å². The van der Waals surface area contributed by atoms with Crippen LogP contribution in [0.2, 0.25) is 0 Å². The molecule has 0 spiro atoms. The van der Waals surface area contributed by atoms with Crippen LogP contribution < -0.4 is 0 Å². The summed E-state index contributed by atoms with van der Waals surface area (Å²) < 4.78 is 29.0. The third-order valence-corrected chi connectivity index (χ3v) is 6.24. The van der Waals surface area contributed by atoms with Gasteiger partial charge in [0.15, 0.2) is 5.03 Å². The number of sulfonamides is 1. The summed E-state index contributed by atoms with van der Waals surface area (Å²) in [6.45, 7) is 4.44. The molecular formula is C17H18N4O3S. The van der Waals surface area contributed by atoms with Gasteiger partial charge in [0.05, 0.1) is 23.1 Å². The Balaban J connectivity index is 1.79. The number of nitrogens with zero attached hydrogens (tertiary/aromatic N) is 4. The smallest absolute Gasteiger partial charge is 0.260 e. The van der Waals surface area contributed by atoms with Crippen LogP contribution in [-0.4, -0.2) is 38.9 Å². The van der Waals surface area contributed by atoms with E-state index in [1.54, 1.807) is 23.6 Å². The summed E-state index contributed by atoms with van der Waals surface area (Å²) >= 11 is 0. The Morgan fingerprint density at radius 1 is 1.04 bits per heavy atom. The third-order valence-electron chi connectivity index (χ3n) is 4.50. The van der Waals surface area contributed by atoms with Gasteiger partial charge < -0.3 is 9.67 Å². The summed E-state index contributed by atoms with van der Waals surface area (Å²) in [6.07, 6.45) is 0. The first-order valence-electron chi connectivity index (χ1n) is 7.99. The van der Waals surface area contributed by atoms with E-state index in [0.29, 0.717) is 28.8 Å². The largest absolute Gasteiger partial charge is 0.494 e. The van der Waals surface area contributed by atoms with E-state index in [2.05, 4.69) is 9.97 Å². The Labute approximate surface area is 145 Å². The van der Waals surface area contributed by atoms with Crippen molar-refractivity contribution < 1.29 is 13.5 Å². The van der Waals surface area contributed by atoms with Crippen LogP contribution in [0, 0.1) is 13.8 Å². The van der Waals surface area contributed by atoms with Crippen LogP contribution in [-0.2, 0) is 23.1 Å². The van der Waals surface area contributed by atoms with Crippen LogP contribution in [0.25, 0.3) is 10.9 Å². The van der Waals surface area contributed by atoms with Gasteiger partial charge in [-0.1, -0.05) is 6.07 Å². The lowest BCUT2D eigenvalue weighted by molar-refractivity contribution is 0.317. The molecule has 0 bridgehead atoms. The number of aryl methyl sites for hydroxylation is 2. The lowest BCUT2D eigenvalue weighted by Crippen LogP contribution is -2.38. The maximum absolute atomic E-state index is 12.9. The van der Waals surface area contributed by atoms with Crippen LogP contribution >= 0.6 is 0 Å². The Hall–Kier alpha value is -2.45. The SMILES string of the molecule is Cc1cccc(S(=O)(=O)N2CCn3c(O)c4ccc(C)nc4c3C2)n1. The normalized spacial score (nSPS) is 15.4. The molecule has 0 fully saturated rings. The Morgan fingerprint density at radius 2 is 1.80 bits per heavy atom. The Morgan fingerprint density at radius 3 is 2.56 bits per heavy atom. The van der Waals surface area contributed by atoms with Gasteiger partial charge in [0, 0.05) is 24.5 Å². The zero-order valence-corrected chi connectivity index (χ0v) is 14.8. The van der Waals surface area contributed by atoms with Crippen molar-refractivity contribution in [2.24, 2.45) is 0 Å². The minimum absolute atomic E-state index is 0.0465. The van der Waals surface area contributed by atoms with E-state index in [9.17, 15) is 13.5 Å². The lowest BCUT2D eigenvalue weighted by Gasteiger charge is -2.27. The van der Waals surface area contributed by atoms with Gasteiger partial charge >= 0.3 is 0 Å². The zero-order chi connectivity index (χ0) is 17.8. The second kappa shape index (κ2) is 5.53. The molecule has 1 N–H and O–H groups in total. The number of hydrogen-bond acceptors (Lipinski definition) is 5. The number of fused-ring (bicyclic) bond motifs is 3. The van der Waals surface area contributed by atoms with Crippen LogP contribution in [0.15, 0.2) is 35.4 Å². The molecule has 0 unspecified atom stereocenters. The van der Waals surface area contributed by atoms with E-state index in [-0.39, 0.29) is 24.0 Å². The van der Waals surface area contributed by atoms with Crippen molar-refractivity contribution in [1.82, 2.24) is 18.8 Å². The molecule has 0 aliphatic carbocycles. The van der Waals surface area contributed by atoms with Gasteiger partial charge in [0.1, 0.15) is 0 Å². The molecule has 130 valence electrons. The minimum Gasteiger partial charge on any atom is -0.494 e. The second-order valence-corrected chi connectivity index (χ2v) is 8.11. The molecule has 0 amide bonds. The predicted octanol–water partition coefficient (Wildman–Crippen LogP) is 1.96. The van der Waals surface area contributed by atoms with E-state index >= 15 is 0 Å². The van der Waals surface area contributed by atoms with Gasteiger partial charge in [-0.3, -0.25) is 4.98 Å². The van der Waals surface area contributed by atoms with Crippen molar-refractivity contribution in [2.45, 2.75) is 32.0 Å². The number of hydrogen-bond donors (Lipinski definition) is 1. The molecule has 1 aliphatic rings. The first-order chi connectivity index (χ1) is 11.9. The maximum Gasteiger partial charge on any atom is 0.260 e. The molecule has 0 aromatic carbocycles. The summed E-state index contributed by atoms with van der Waals surface area (Å²) in [5, 5.41) is 11.1. The molecule has 0 atom stereocenters. The monoisotopic (exact) mass is 358 g/mol. The highest BCUT2D eigenvalue weighted by atomic mass is 32.2. The zero-order valence-electron chi connectivity index (χ0n) is 14.0. The highest BCUT2D eigenvalue weighted by molar-refractivity contribution is 7.89. The molecule has 7 nitrogen and oxygen atoms in total. The minimum atomic E-state index is -3.70. The highest BCUT2D eigenvalue weighted by Gasteiger charge is 2.32. The molecule has 3 aromatic rings. The number of pyridine rings is 2. The van der Waals surface area contributed by atoms with Gasteiger partial charge in [-0.2, -0.15) is 4.31 Å². The van der Waals surface area contributed by atoms with Crippen molar-refractivity contribution in [3.05, 3.63) is 47.4 Å². The molecule has 1 aliphatic heterocycles. The number of aromatic nitrogens is 3. The highest BCUT2D eigenvalue weighted by Crippen LogP contribution is 2.34. The maximum atomic E-state index is 12.9. The molecule has 0 saturated heterocycles. The third kappa shape index (κ3) is 2.49. The van der Waals surface area contributed by atoms with Crippen molar-refractivity contribution in [1.29, 1.82) is 0 Å². The van der Waals surface area contributed by atoms with E-state index in [0.717, 1.165) is 5.69 Å². The van der Waals surface area contributed by atoms with Gasteiger partial charge in [-0.05, 0) is 38.1 Å². The van der Waals surface area contributed by atoms with Gasteiger partial charge in [0.25, 0.3) is 10.0 Å². The van der Waals surface area contributed by atoms with E-state index in [1.807, 2.05) is 19.1 Å². The molecule has 4 rings (SSSR count). The molecule has 25 heavy (non-hydrogen) atoms. The van der Waals surface area contributed by atoms with Crippen LogP contribution in [0.4, 0.5) is 0 Å². The summed E-state index contributed by atoms with van der Waals surface area (Å²) in [6, 6.07) is 8.61. The molecule has 0 saturated carbocycles. The van der Waals surface area contributed by atoms with E-state index in [4.69, 9.17) is 0 Å². The fourth-order valence-electron chi connectivity index (χ4n) is 3.22. The second-order valence-electron chi connectivity index (χ2n) is 6.23. The van der Waals surface area contributed by atoms with E-state index in [1.165, 1.54) is 10.4 Å². The summed E-state index contributed by atoms with van der Waals surface area (Å²) in [4.78, 5) is 8.65. The Kier molecular flexibility index (Phi) is 3.55. The molecule has 8 heteroatoms. The lowest BCUT2D eigenvalue weighted by atomic mass is 10.2. The van der Waals surface area contributed by atoms with Gasteiger partial charge in [-0.25, -0.2) is 13.4 Å². The van der Waals surface area contributed by atoms with Gasteiger partial charge in [0.2, 0.25) is 5.88 Å². The Bertz CT molecular complexity index is 1090. The van der Waals surface area contributed by atoms with Crippen molar-refractivity contribution in [3.63, 3.8) is 0 Å². The number of aromatic hydroxyl groups is 1. The molecule has 0 radical (unpaired) electrons. The molecule has 4 heterocycles. The average molecular weight is 358 g/mol. The summed E-state index contributed by atoms with van der Waals surface area (Å²) in [5.74, 6) is 0.142. The fraction of sp³-hybridized carbons (Fsp3) is 0.294. The standard InChI is InChI=1S/C17H18N4O3S/c1-11-4-3-5-15(18-11)25(23,24)20-8-9-21-14(10-20)16-13(17(21)22)7-6-12(2)19-16/h3-7,22H,8-10H2,1-2H3. The van der Waals surface area contributed by atoms with Crippen molar-refractivity contribution in [2.75, 3.05) is 6.54 Å². The summed E-state index contributed by atoms with van der Waals surface area (Å²) in [5.41, 5.74) is 2.83.